The lowest BCUT2D eigenvalue weighted by atomic mass is 10.0. The highest BCUT2D eigenvalue weighted by Crippen LogP contribution is 2.33. The first-order valence-electron chi connectivity index (χ1n) is 8.29. The molecule has 0 atom stereocenters. The monoisotopic (exact) mass is 456 g/mol. The van der Waals surface area contributed by atoms with E-state index in [2.05, 4.69) is 5.10 Å². The van der Waals surface area contributed by atoms with Crippen LogP contribution in [0.1, 0.15) is 32.6 Å². The van der Waals surface area contributed by atoms with Crippen molar-refractivity contribution in [3.63, 3.8) is 0 Å². The molecular formula is C20H16Cl4N2O2. The zero-order valence-corrected chi connectivity index (χ0v) is 18.3. The molecule has 0 spiro atoms. The number of hydrogen-bond donors (Lipinski definition) is 0. The molecule has 0 unspecified atom stereocenters. The van der Waals surface area contributed by atoms with Gasteiger partial charge in [0.05, 0.1) is 11.2 Å². The molecule has 0 N–H and O–H groups in total. The SMILES string of the molecule is Cc1cc(C(=O)c2cnn(C)c2OCc2ccc(Cl)cc2Cl)c(Cl)c(C)c1Cl. The summed E-state index contributed by atoms with van der Waals surface area (Å²) in [6.45, 7) is 3.76. The van der Waals surface area contributed by atoms with Crippen LogP contribution >= 0.6 is 46.4 Å². The number of aryl methyl sites for hydroxylation is 2. The second kappa shape index (κ2) is 8.34. The second-order valence-corrected chi connectivity index (χ2v) is 7.93. The number of benzene rings is 2. The van der Waals surface area contributed by atoms with Crippen LogP contribution in [0.2, 0.25) is 20.1 Å². The summed E-state index contributed by atoms with van der Waals surface area (Å²) < 4.78 is 7.35. The van der Waals surface area contributed by atoms with Crippen molar-refractivity contribution in [2.75, 3.05) is 0 Å². The Labute approximate surface area is 182 Å². The smallest absolute Gasteiger partial charge is 0.223 e. The summed E-state index contributed by atoms with van der Waals surface area (Å²) in [5, 5.41) is 6.03. The molecule has 1 heterocycles. The van der Waals surface area contributed by atoms with E-state index in [1.807, 2.05) is 6.92 Å². The van der Waals surface area contributed by atoms with Gasteiger partial charge in [-0.05, 0) is 43.2 Å². The van der Waals surface area contributed by atoms with E-state index in [0.29, 0.717) is 42.7 Å². The molecule has 0 saturated heterocycles. The third-order valence-corrected chi connectivity index (χ3v) is 6.01. The number of hydrogen-bond acceptors (Lipinski definition) is 3. The molecule has 2 aromatic carbocycles. The Bertz CT molecular complexity index is 1080. The molecule has 0 aliphatic rings. The van der Waals surface area contributed by atoms with E-state index in [9.17, 15) is 4.79 Å². The number of halogens is 4. The third-order valence-electron chi connectivity index (χ3n) is 4.36. The van der Waals surface area contributed by atoms with Crippen molar-refractivity contribution in [1.82, 2.24) is 9.78 Å². The van der Waals surface area contributed by atoms with Gasteiger partial charge in [-0.2, -0.15) is 5.10 Å². The normalized spacial score (nSPS) is 11.0. The van der Waals surface area contributed by atoms with E-state index >= 15 is 0 Å². The molecule has 3 aromatic rings. The van der Waals surface area contributed by atoms with Crippen LogP contribution in [-0.4, -0.2) is 15.6 Å². The molecule has 0 aliphatic heterocycles. The highest BCUT2D eigenvalue weighted by Gasteiger charge is 2.23. The lowest BCUT2D eigenvalue weighted by Gasteiger charge is -2.12. The van der Waals surface area contributed by atoms with Crippen molar-refractivity contribution in [1.29, 1.82) is 0 Å². The molecule has 8 heteroatoms. The highest BCUT2D eigenvalue weighted by atomic mass is 35.5. The molecule has 0 amide bonds. The molecule has 0 saturated carbocycles. The summed E-state index contributed by atoms with van der Waals surface area (Å²) in [5.41, 5.74) is 2.82. The van der Waals surface area contributed by atoms with Crippen LogP contribution in [0.5, 0.6) is 5.88 Å². The first-order valence-corrected chi connectivity index (χ1v) is 9.80. The fourth-order valence-corrected chi connectivity index (χ4v) is 3.68. The van der Waals surface area contributed by atoms with Gasteiger partial charge < -0.3 is 4.74 Å². The highest BCUT2D eigenvalue weighted by molar-refractivity contribution is 6.39. The minimum absolute atomic E-state index is 0.155. The summed E-state index contributed by atoms with van der Waals surface area (Å²) in [6, 6.07) is 6.80. The molecule has 0 radical (unpaired) electrons. The van der Waals surface area contributed by atoms with Crippen molar-refractivity contribution in [2.45, 2.75) is 20.5 Å². The maximum atomic E-state index is 13.1. The lowest BCUT2D eigenvalue weighted by Crippen LogP contribution is -2.08. The van der Waals surface area contributed by atoms with Gasteiger partial charge in [-0.1, -0.05) is 52.5 Å². The van der Waals surface area contributed by atoms with Gasteiger partial charge in [-0.15, -0.1) is 0 Å². The van der Waals surface area contributed by atoms with Crippen molar-refractivity contribution < 1.29 is 9.53 Å². The average molecular weight is 458 g/mol. The Balaban J connectivity index is 1.94. The van der Waals surface area contributed by atoms with Crippen LogP contribution in [-0.2, 0) is 13.7 Å². The molecule has 0 fully saturated rings. The molecule has 4 nitrogen and oxygen atoms in total. The number of ether oxygens (including phenoxy) is 1. The zero-order chi connectivity index (χ0) is 20.6. The van der Waals surface area contributed by atoms with Crippen molar-refractivity contribution in [2.24, 2.45) is 7.05 Å². The Morgan fingerprint density at radius 3 is 2.46 bits per heavy atom. The summed E-state index contributed by atoms with van der Waals surface area (Å²) in [7, 11) is 1.69. The Morgan fingerprint density at radius 2 is 1.79 bits per heavy atom. The summed E-state index contributed by atoms with van der Waals surface area (Å²) in [5.74, 6) is 0.0236. The Morgan fingerprint density at radius 1 is 1.07 bits per heavy atom. The standard InChI is InChI=1S/C20H16Cl4N2O2/c1-10-6-14(18(24)11(2)17(10)23)19(27)15-8-25-26(3)20(15)28-9-12-4-5-13(21)7-16(12)22/h4-8H,9H2,1-3H3. The van der Waals surface area contributed by atoms with E-state index in [4.69, 9.17) is 51.1 Å². The van der Waals surface area contributed by atoms with E-state index in [1.54, 1.807) is 38.2 Å². The average Bonchev–Trinajstić information content (AvgIpc) is 3.02. The molecule has 3 rings (SSSR count). The van der Waals surface area contributed by atoms with Gasteiger partial charge in [0.15, 0.2) is 0 Å². The predicted octanol–water partition coefficient (Wildman–Crippen LogP) is 6.46. The van der Waals surface area contributed by atoms with Crippen LogP contribution in [0.4, 0.5) is 0 Å². The van der Waals surface area contributed by atoms with Gasteiger partial charge >= 0.3 is 0 Å². The summed E-state index contributed by atoms with van der Waals surface area (Å²) >= 11 is 24.7. The van der Waals surface area contributed by atoms with E-state index in [0.717, 1.165) is 11.1 Å². The van der Waals surface area contributed by atoms with Gasteiger partial charge in [0.1, 0.15) is 12.2 Å². The van der Waals surface area contributed by atoms with Gasteiger partial charge in [-0.25, -0.2) is 4.68 Å². The maximum absolute atomic E-state index is 13.1. The molecule has 28 heavy (non-hydrogen) atoms. The molecule has 0 aliphatic carbocycles. The van der Waals surface area contributed by atoms with Gasteiger partial charge in [-0.3, -0.25) is 4.79 Å². The van der Waals surface area contributed by atoms with Crippen molar-refractivity contribution in [3.05, 3.63) is 78.4 Å². The second-order valence-electron chi connectivity index (χ2n) is 6.33. The largest absolute Gasteiger partial charge is 0.472 e. The first-order chi connectivity index (χ1) is 13.2. The van der Waals surface area contributed by atoms with Crippen molar-refractivity contribution >= 4 is 52.2 Å². The lowest BCUT2D eigenvalue weighted by molar-refractivity contribution is 0.103. The zero-order valence-electron chi connectivity index (χ0n) is 15.3. The third kappa shape index (κ3) is 4.01. The Hall–Kier alpha value is -1.72. The predicted molar refractivity (Wildman–Crippen MR) is 113 cm³/mol. The first kappa shape index (κ1) is 21.0. The van der Waals surface area contributed by atoms with Crippen LogP contribution in [0, 0.1) is 13.8 Å². The molecule has 0 bridgehead atoms. The topological polar surface area (TPSA) is 44.1 Å². The van der Waals surface area contributed by atoms with Crippen LogP contribution < -0.4 is 4.74 Å². The number of aromatic nitrogens is 2. The van der Waals surface area contributed by atoms with Crippen LogP contribution in [0.25, 0.3) is 0 Å². The van der Waals surface area contributed by atoms with Gasteiger partial charge in [0.25, 0.3) is 0 Å². The minimum atomic E-state index is -0.293. The fraction of sp³-hybridized carbons (Fsp3) is 0.200. The van der Waals surface area contributed by atoms with Gasteiger partial charge in [0.2, 0.25) is 11.7 Å². The van der Waals surface area contributed by atoms with Crippen molar-refractivity contribution in [3.8, 4) is 5.88 Å². The number of carbonyl (C=O) groups is 1. The number of rotatable bonds is 5. The van der Waals surface area contributed by atoms with Crippen LogP contribution in [0.15, 0.2) is 30.5 Å². The minimum Gasteiger partial charge on any atom is -0.472 e. The van der Waals surface area contributed by atoms with Crippen LogP contribution in [0.3, 0.4) is 0 Å². The van der Waals surface area contributed by atoms with E-state index in [1.165, 1.54) is 10.9 Å². The van der Waals surface area contributed by atoms with E-state index < -0.39 is 0 Å². The van der Waals surface area contributed by atoms with Gasteiger partial charge in [0, 0.05) is 33.2 Å². The Kier molecular flexibility index (Phi) is 6.25. The van der Waals surface area contributed by atoms with E-state index in [-0.39, 0.29) is 12.4 Å². The summed E-state index contributed by atoms with van der Waals surface area (Å²) in [6.07, 6.45) is 1.46. The quantitative estimate of drug-likeness (QED) is 0.413. The molecule has 146 valence electrons. The summed E-state index contributed by atoms with van der Waals surface area (Å²) in [4.78, 5) is 13.1. The molecule has 1 aromatic heterocycles. The molecular weight excluding hydrogens is 442 g/mol. The number of carbonyl (C=O) groups excluding carboxylic acids is 1. The number of ketones is 1. The fourth-order valence-electron chi connectivity index (χ4n) is 2.79. The maximum Gasteiger partial charge on any atom is 0.223 e. The number of nitrogens with zero attached hydrogens (tertiary/aromatic N) is 2.